The molecule has 35 valence electrons. The second-order valence-corrected chi connectivity index (χ2v) is 1.51. The zero-order valence-corrected chi connectivity index (χ0v) is 4.43. The molecule has 0 heterocycles. The van der Waals surface area contributed by atoms with E-state index in [1.807, 2.05) is 0 Å². The summed E-state index contributed by atoms with van der Waals surface area (Å²) in [4.78, 5) is 0. The first-order chi connectivity index (χ1) is 2.41. The third-order valence-electron chi connectivity index (χ3n) is 0.465. The molecule has 0 aromatic heterocycles. The Hall–Kier alpha value is 0.494. The van der Waals surface area contributed by atoms with Crippen LogP contribution in [0.4, 0.5) is 0 Å². The fraction of sp³-hybridized carbons (Fsp3) is 1.00. The molecule has 0 saturated carbocycles. The van der Waals surface area contributed by atoms with Crippen molar-refractivity contribution in [2.75, 3.05) is 0 Å². The molecule has 0 saturated heterocycles. The minimum absolute atomic E-state index is 0.969. The van der Waals surface area contributed by atoms with E-state index in [0.29, 0.717) is 0 Å². The molecule has 0 aromatic carbocycles. The molecule has 0 bridgehead atoms. The molecule has 1 heteroatoms. The van der Waals surface area contributed by atoms with Crippen molar-refractivity contribution in [1.82, 2.24) is 0 Å². The third kappa shape index (κ3) is 4.49. The van der Waals surface area contributed by atoms with E-state index in [9.17, 15) is 0 Å². The normalized spacial score (nSPS) is 8.60. The molecule has 0 aliphatic rings. The Kier molecular flexibility index (Phi) is 4.94. The van der Waals surface area contributed by atoms with E-state index < -0.39 is 0 Å². The summed E-state index contributed by atoms with van der Waals surface area (Å²) < 4.78 is 0. The molecular formula is C4H9Ni. The molecule has 5 heavy (non-hydrogen) atoms. The second kappa shape index (κ2) is 4.49. The van der Waals surface area contributed by atoms with Gasteiger partial charge in [0.25, 0.3) is 0 Å². The summed E-state index contributed by atoms with van der Waals surface area (Å²) in [7, 11) is 0. The number of rotatable bonds is 2. The van der Waals surface area contributed by atoms with Gasteiger partial charge in [0.15, 0.2) is 0 Å². The van der Waals surface area contributed by atoms with Gasteiger partial charge in [0.05, 0.1) is 0 Å². The van der Waals surface area contributed by atoms with E-state index in [2.05, 4.69) is 22.4 Å². The van der Waals surface area contributed by atoms with Gasteiger partial charge in [-0.05, 0) is 0 Å². The zero-order chi connectivity index (χ0) is 4.12. The summed E-state index contributed by atoms with van der Waals surface area (Å²) in [6.45, 7) is 2.15. The van der Waals surface area contributed by atoms with Crippen molar-refractivity contribution in [3.63, 3.8) is 0 Å². The van der Waals surface area contributed by atoms with Crippen LogP contribution in [0.3, 0.4) is 0 Å². The number of hydrogen-bond acceptors (Lipinski definition) is 0. The quantitative estimate of drug-likeness (QED) is 0.482. The van der Waals surface area contributed by atoms with Gasteiger partial charge < -0.3 is 0 Å². The first-order valence-electron chi connectivity index (χ1n) is 1.93. The molecule has 0 radical (unpaired) electrons. The average molecular weight is 116 g/mol. The van der Waals surface area contributed by atoms with E-state index in [4.69, 9.17) is 0 Å². The van der Waals surface area contributed by atoms with Crippen LogP contribution in [0, 0.1) is 0 Å². The Morgan fingerprint density at radius 1 is 1.60 bits per heavy atom. The predicted molar refractivity (Wildman–Crippen MR) is 19.7 cm³/mol. The molecule has 0 nitrogen and oxygen atoms in total. The molecule has 0 aliphatic heterocycles. The Balaban J connectivity index is 2.19. The van der Waals surface area contributed by atoms with Crippen LogP contribution in [0.1, 0.15) is 19.8 Å². The van der Waals surface area contributed by atoms with Crippen molar-refractivity contribution in [2.24, 2.45) is 0 Å². The first kappa shape index (κ1) is 5.49. The first-order valence-corrected chi connectivity index (χ1v) is 2.63. The van der Waals surface area contributed by atoms with Gasteiger partial charge in [-0.25, -0.2) is 0 Å². The van der Waals surface area contributed by atoms with Gasteiger partial charge in [-0.3, -0.25) is 0 Å². The van der Waals surface area contributed by atoms with Crippen LogP contribution in [0.2, 0.25) is 5.39 Å². The van der Waals surface area contributed by atoms with Crippen LogP contribution >= 0.6 is 0 Å². The van der Waals surface area contributed by atoms with Crippen molar-refractivity contribution in [2.45, 2.75) is 25.2 Å². The summed E-state index contributed by atoms with van der Waals surface area (Å²) in [5.74, 6) is 0. The molecular weight excluding hydrogens is 107 g/mol. The van der Waals surface area contributed by atoms with Gasteiger partial charge in [0.1, 0.15) is 0 Å². The fourth-order valence-electron chi connectivity index (χ4n) is 0.112. The second-order valence-electron chi connectivity index (χ2n) is 1.01. The van der Waals surface area contributed by atoms with Gasteiger partial charge in [-0.15, -0.1) is 0 Å². The van der Waals surface area contributed by atoms with E-state index in [-0.39, 0.29) is 0 Å². The Bertz CT molecular complexity index is 11.1. The SMILES string of the molecule is CCC[CH2][Ni]. The van der Waals surface area contributed by atoms with Crippen LogP contribution in [-0.2, 0) is 15.5 Å². The van der Waals surface area contributed by atoms with Crippen molar-refractivity contribution >= 4 is 0 Å². The van der Waals surface area contributed by atoms with Crippen LogP contribution in [-0.4, -0.2) is 0 Å². The third-order valence-corrected chi connectivity index (χ3v) is 0.815. The van der Waals surface area contributed by atoms with Crippen molar-refractivity contribution in [3.05, 3.63) is 0 Å². The Morgan fingerprint density at radius 2 is 2.20 bits per heavy atom. The molecule has 0 N–H and O–H groups in total. The van der Waals surface area contributed by atoms with Crippen molar-refractivity contribution in [3.8, 4) is 0 Å². The molecule has 0 aromatic rings. The van der Waals surface area contributed by atoms with E-state index >= 15 is 0 Å². The maximum atomic E-state index is 4.41. The van der Waals surface area contributed by atoms with Gasteiger partial charge in [0.2, 0.25) is 0 Å². The fourth-order valence-corrected chi connectivity index (χ4v) is 0.461. The molecule has 0 fully saturated rings. The minimum atomic E-state index is 0.969. The van der Waals surface area contributed by atoms with Gasteiger partial charge >= 0.3 is 40.6 Å². The van der Waals surface area contributed by atoms with E-state index in [1.165, 1.54) is 12.8 Å². The Morgan fingerprint density at radius 3 is 2.20 bits per heavy atom. The molecule has 0 amide bonds. The van der Waals surface area contributed by atoms with E-state index in [0.717, 1.165) is 5.39 Å². The maximum absolute atomic E-state index is 4.41. The standard InChI is InChI=1S/C4H9.Ni/c1-3-4-2;/h1,3-4H2,2H3;. The summed E-state index contributed by atoms with van der Waals surface area (Å²) in [5, 5.41) is 0.969. The molecule has 0 aliphatic carbocycles. The molecule has 0 rings (SSSR count). The molecule has 0 atom stereocenters. The average Bonchev–Trinajstić information content (AvgIpc) is 1.41. The zero-order valence-electron chi connectivity index (χ0n) is 3.44. The predicted octanol–water partition coefficient (Wildman–Crippen LogP) is 1.75. The van der Waals surface area contributed by atoms with Crippen LogP contribution < -0.4 is 0 Å². The van der Waals surface area contributed by atoms with Crippen molar-refractivity contribution < 1.29 is 15.5 Å². The van der Waals surface area contributed by atoms with Gasteiger partial charge in [0, 0.05) is 0 Å². The summed E-state index contributed by atoms with van der Waals surface area (Å²) in [6, 6.07) is 0. The Labute approximate surface area is 41.3 Å². The number of hydrogen-bond donors (Lipinski definition) is 0. The van der Waals surface area contributed by atoms with Crippen LogP contribution in [0.15, 0.2) is 0 Å². The summed E-state index contributed by atoms with van der Waals surface area (Å²) in [5.41, 5.74) is 0. The van der Waals surface area contributed by atoms with Gasteiger partial charge in [-0.1, -0.05) is 0 Å². The summed E-state index contributed by atoms with van der Waals surface area (Å²) in [6.07, 6.45) is 2.47. The van der Waals surface area contributed by atoms with Crippen LogP contribution in [0.5, 0.6) is 0 Å². The molecule has 0 spiro atoms. The van der Waals surface area contributed by atoms with Crippen LogP contribution in [0.25, 0.3) is 0 Å². The van der Waals surface area contributed by atoms with Crippen molar-refractivity contribution in [1.29, 1.82) is 0 Å². The van der Waals surface area contributed by atoms with Gasteiger partial charge in [-0.2, -0.15) is 0 Å². The molecule has 0 unspecified atom stereocenters. The number of unbranched alkanes of at least 4 members (excludes halogenated alkanes) is 1. The summed E-state index contributed by atoms with van der Waals surface area (Å²) >= 11 is 4.41. The monoisotopic (exact) mass is 115 g/mol. The van der Waals surface area contributed by atoms with E-state index in [1.54, 1.807) is 0 Å². The topological polar surface area (TPSA) is 0 Å².